The molecule has 0 bridgehead atoms. The van der Waals surface area contributed by atoms with Crippen LogP contribution in [-0.2, 0) is 6.18 Å². The van der Waals surface area contributed by atoms with Gasteiger partial charge < -0.3 is 10.6 Å². The Balaban J connectivity index is 0.000000188. The molecule has 2 heterocycles. The van der Waals surface area contributed by atoms with E-state index in [1.54, 1.807) is 36.4 Å². The maximum absolute atomic E-state index is 13.0. The van der Waals surface area contributed by atoms with E-state index in [-0.39, 0.29) is 22.7 Å². The second kappa shape index (κ2) is 14.5. The summed E-state index contributed by atoms with van der Waals surface area (Å²) in [6, 6.07) is 25.1. The second-order valence-corrected chi connectivity index (χ2v) is 10.8. The molecule has 48 heavy (non-hydrogen) atoms. The highest BCUT2D eigenvalue weighted by Gasteiger charge is 2.32. The fourth-order valence-electron chi connectivity index (χ4n) is 4.50. The van der Waals surface area contributed by atoms with Gasteiger partial charge in [-0.15, -0.1) is 10.2 Å². The molecule has 244 valence electrons. The van der Waals surface area contributed by atoms with E-state index in [1.807, 2.05) is 30.3 Å². The molecule has 15 heteroatoms. The van der Waals surface area contributed by atoms with Gasteiger partial charge in [0.2, 0.25) is 0 Å². The van der Waals surface area contributed by atoms with Gasteiger partial charge in [0.05, 0.1) is 16.9 Å². The fourth-order valence-corrected chi connectivity index (χ4v) is 4.50. The fraction of sp³-hybridized carbons (Fsp3) is 0.152. The molecule has 0 aliphatic heterocycles. The highest BCUT2D eigenvalue weighted by atomic mass is 19.4. The molecule has 6 aromatic rings. The average molecular weight is 655 g/mol. The molecule has 0 aliphatic carbocycles. The molecule has 2 amide bonds. The number of amides is 2. The molecule has 2 aromatic heterocycles. The van der Waals surface area contributed by atoms with Crippen molar-refractivity contribution in [1.82, 2.24) is 40.4 Å². The summed E-state index contributed by atoms with van der Waals surface area (Å²) in [6.45, 7) is 5.64. The number of aryl methyl sites for hydroxylation is 1. The van der Waals surface area contributed by atoms with Crippen molar-refractivity contribution in [3.8, 4) is 11.4 Å². The van der Waals surface area contributed by atoms with E-state index in [9.17, 15) is 22.8 Å². The van der Waals surface area contributed by atoms with Gasteiger partial charge in [-0.2, -0.15) is 13.2 Å². The third-order valence-corrected chi connectivity index (χ3v) is 7.08. The van der Waals surface area contributed by atoms with Crippen LogP contribution in [0.15, 0.2) is 104 Å². The molecular formula is C33H29F3N10O2. The summed E-state index contributed by atoms with van der Waals surface area (Å²) >= 11 is 0. The number of hydrogen-bond donors (Lipinski definition) is 2. The maximum Gasteiger partial charge on any atom is 0.416 e. The monoisotopic (exact) mass is 654 g/mol. The largest absolute Gasteiger partial charge is 0.416 e. The first-order chi connectivity index (χ1) is 23.0. The van der Waals surface area contributed by atoms with Crippen molar-refractivity contribution in [2.24, 2.45) is 0 Å². The highest BCUT2D eigenvalue weighted by molar-refractivity contribution is 6.05. The normalized spacial score (nSPS) is 11.1. The summed E-state index contributed by atoms with van der Waals surface area (Å²) < 4.78 is 41.8. The lowest BCUT2D eigenvalue weighted by Gasteiger charge is -2.13. The van der Waals surface area contributed by atoms with E-state index in [0.717, 1.165) is 17.4 Å². The number of carbonyl (C=O) groups excluding carboxylic acids is 2. The first-order valence-electron chi connectivity index (χ1n) is 14.6. The summed E-state index contributed by atoms with van der Waals surface area (Å²) in [5.41, 5.74) is 3.48. The molecule has 0 atom stereocenters. The number of rotatable bonds is 7. The Kier molecular flexibility index (Phi) is 9.97. The molecule has 0 aliphatic rings. The second-order valence-electron chi connectivity index (χ2n) is 10.8. The molecule has 0 radical (unpaired) electrons. The number of anilines is 2. The highest BCUT2D eigenvalue weighted by Crippen LogP contribution is 2.33. The van der Waals surface area contributed by atoms with Crippen LogP contribution >= 0.6 is 0 Å². The van der Waals surface area contributed by atoms with Crippen molar-refractivity contribution >= 4 is 23.2 Å². The summed E-state index contributed by atoms with van der Waals surface area (Å²) in [5, 5.41) is 27.1. The smallest absolute Gasteiger partial charge is 0.322 e. The van der Waals surface area contributed by atoms with Gasteiger partial charge in [0.15, 0.2) is 0 Å². The predicted molar refractivity (Wildman–Crippen MR) is 171 cm³/mol. The zero-order valence-electron chi connectivity index (χ0n) is 25.9. The van der Waals surface area contributed by atoms with Crippen LogP contribution in [0.3, 0.4) is 0 Å². The summed E-state index contributed by atoms with van der Waals surface area (Å²) in [7, 11) is 0. The zero-order chi connectivity index (χ0) is 34.3. The van der Waals surface area contributed by atoms with Crippen molar-refractivity contribution in [3.63, 3.8) is 0 Å². The van der Waals surface area contributed by atoms with Crippen molar-refractivity contribution in [3.05, 3.63) is 131 Å². The Morgan fingerprint density at radius 3 is 1.65 bits per heavy atom. The summed E-state index contributed by atoms with van der Waals surface area (Å²) in [6.07, 6.45) is -1.63. The van der Waals surface area contributed by atoms with Gasteiger partial charge in [-0.05, 0) is 105 Å². The Labute approximate surface area is 272 Å². The standard InChI is InChI=1S/C17H17N5O.C16H12F3N5O/c1-12(2)13-6-8-15(9-7-13)19-17(23)14-4-3-5-16(10-14)22-11-18-20-21-22;1-10-5-6-12(8-14(10)16(17,18)19)21-15(25)11-3-2-4-13(7-11)24-9-20-22-23-24/h3-12H,1-2H3,(H,19,23);2-9H,1H3,(H,21,25). The molecule has 6 rings (SSSR count). The van der Waals surface area contributed by atoms with Gasteiger partial charge in [0.25, 0.3) is 11.8 Å². The minimum absolute atomic E-state index is 0.0655. The SMILES string of the molecule is CC(C)c1ccc(NC(=O)c2cccc(-n3cnnn3)c2)cc1.Cc1ccc(NC(=O)c2cccc(-n3cnnn3)c2)cc1C(F)(F)F. The third-order valence-electron chi connectivity index (χ3n) is 7.08. The van der Waals surface area contributed by atoms with E-state index < -0.39 is 17.6 Å². The molecule has 0 spiro atoms. The molecular weight excluding hydrogens is 625 g/mol. The molecule has 12 nitrogen and oxygen atoms in total. The zero-order valence-corrected chi connectivity index (χ0v) is 25.9. The minimum Gasteiger partial charge on any atom is -0.322 e. The van der Waals surface area contributed by atoms with Gasteiger partial charge in [0, 0.05) is 22.5 Å². The van der Waals surface area contributed by atoms with Crippen molar-refractivity contribution < 1.29 is 22.8 Å². The van der Waals surface area contributed by atoms with Crippen LogP contribution in [0.5, 0.6) is 0 Å². The molecule has 0 fully saturated rings. The third kappa shape index (κ3) is 8.31. The first kappa shape index (κ1) is 33.1. The van der Waals surface area contributed by atoms with Crippen LogP contribution in [-0.4, -0.2) is 52.2 Å². The predicted octanol–water partition coefficient (Wildman–Crippen LogP) is 6.28. The average Bonchev–Trinajstić information content (AvgIpc) is 3.82. The Morgan fingerprint density at radius 1 is 0.688 bits per heavy atom. The van der Waals surface area contributed by atoms with E-state index in [4.69, 9.17) is 0 Å². The Bertz CT molecular complexity index is 1990. The number of halogens is 3. The van der Waals surface area contributed by atoms with Crippen LogP contribution in [0.4, 0.5) is 24.5 Å². The number of nitrogens with one attached hydrogen (secondary N) is 2. The van der Waals surface area contributed by atoms with Crippen LogP contribution < -0.4 is 10.6 Å². The van der Waals surface area contributed by atoms with Crippen LogP contribution in [0.25, 0.3) is 11.4 Å². The number of aromatic nitrogens is 8. The Hall–Kier alpha value is -6.25. The van der Waals surface area contributed by atoms with Crippen LogP contribution in [0, 0.1) is 6.92 Å². The number of tetrazole rings is 2. The van der Waals surface area contributed by atoms with E-state index in [2.05, 4.69) is 55.5 Å². The van der Waals surface area contributed by atoms with Gasteiger partial charge >= 0.3 is 6.18 Å². The van der Waals surface area contributed by atoms with Crippen molar-refractivity contribution in [1.29, 1.82) is 0 Å². The number of hydrogen-bond acceptors (Lipinski definition) is 8. The van der Waals surface area contributed by atoms with Gasteiger partial charge in [-0.25, -0.2) is 9.36 Å². The van der Waals surface area contributed by atoms with Crippen molar-refractivity contribution in [2.45, 2.75) is 32.9 Å². The van der Waals surface area contributed by atoms with Crippen LogP contribution in [0.1, 0.15) is 57.2 Å². The number of nitrogens with zero attached hydrogens (tertiary/aromatic N) is 8. The van der Waals surface area contributed by atoms with Gasteiger partial charge in [0.1, 0.15) is 12.7 Å². The van der Waals surface area contributed by atoms with E-state index in [1.165, 1.54) is 52.7 Å². The number of alkyl halides is 3. The Morgan fingerprint density at radius 2 is 1.19 bits per heavy atom. The van der Waals surface area contributed by atoms with Gasteiger partial charge in [-0.1, -0.05) is 44.2 Å². The molecule has 4 aromatic carbocycles. The quantitative estimate of drug-likeness (QED) is 0.205. The van der Waals surface area contributed by atoms with Gasteiger partial charge in [-0.3, -0.25) is 9.59 Å². The summed E-state index contributed by atoms with van der Waals surface area (Å²) in [5.74, 6) is -0.239. The minimum atomic E-state index is -4.48. The molecule has 2 N–H and O–H groups in total. The molecule has 0 saturated carbocycles. The van der Waals surface area contributed by atoms with Crippen molar-refractivity contribution in [2.75, 3.05) is 10.6 Å². The van der Waals surface area contributed by atoms with E-state index >= 15 is 0 Å². The molecule has 0 saturated heterocycles. The topological polar surface area (TPSA) is 145 Å². The lowest BCUT2D eigenvalue weighted by Crippen LogP contribution is -2.14. The van der Waals surface area contributed by atoms with E-state index in [0.29, 0.717) is 17.2 Å². The summed E-state index contributed by atoms with van der Waals surface area (Å²) in [4.78, 5) is 24.7. The maximum atomic E-state index is 13.0. The number of carbonyl (C=O) groups is 2. The number of benzene rings is 4. The lowest BCUT2D eigenvalue weighted by molar-refractivity contribution is -0.138. The molecule has 0 unspecified atom stereocenters. The lowest BCUT2D eigenvalue weighted by atomic mass is 10.0. The van der Waals surface area contributed by atoms with Crippen LogP contribution in [0.2, 0.25) is 0 Å². The first-order valence-corrected chi connectivity index (χ1v) is 14.6.